The summed E-state index contributed by atoms with van der Waals surface area (Å²) in [7, 11) is 0. The van der Waals surface area contributed by atoms with Crippen LogP contribution in [0.4, 0.5) is 0 Å². The Morgan fingerprint density at radius 2 is 1.87 bits per heavy atom. The van der Waals surface area contributed by atoms with Crippen LogP contribution in [0.25, 0.3) is 0 Å². The number of carboxylic acids is 1. The minimum Gasteiger partial charge on any atom is -0.478 e. The Labute approximate surface area is 88.0 Å². The number of rotatable bonds is 4. The van der Waals surface area contributed by atoms with E-state index >= 15 is 0 Å². The van der Waals surface area contributed by atoms with Crippen molar-refractivity contribution in [3.05, 3.63) is 47.5 Å². The maximum absolute atomic E-state index is 11.8. The first-order valence-electron chi connectivity index (χ1n) is 4.68. The van der Waals surface area contributed by atoms with Crippen molar-refractivity contribution in [1.29, 1.82) is 0 Å². The van der Waals surface area contributed by atoms with Gasteiger partial charge in [0.2, 0.25) is 0 Å². The van der Waals surface area contributed by atoms with Gasteiger partial charge in [0.25, 0.3) is 0 Å². The zero-order valence-electron chi connectivity index (χ0n) is 8.43. The second kappa shape index (κ2) is 5.10. The van der Waals surface area contributed by atoms with Crippen LogP contribution in [-0.4, -0.2) is 16.9 Å². The highest BCUT2D eigenvalue weighted by Crippen LogP contribution is 2.10. The molecular formula is C12H12O3. The number of ketones is 1. The van der Waals surface area contributed by atoms with Gasteiger partial charge in [-0.1, -0.05) is 37.3 Å². The smallest absolute Gasteiger partial charge is 0.328 e. The van der Waals surface area contributed by atoms with Crippen molar-refractivity contribution in [1.82, 2.24) is 0 Å². The minimum atomic E-state index is -1.09. The van der Waals surface area contributed by atoms with E-state index < -0.39 is 5.97 Å². The molecule has 0 saturated heterocycles. The van der Waals surface area contributed by atoms with E-state index in [1.165, 1.54) is 0 Å². The molecule has 0 aliphatic carbocycles. The molecule has 78 valence electrons. The van der Waals surface area contributed by atoms with Gasteiger partial charge in [0.1, 0.15) is 0 Å². The van der Waals surface area contributed by atoms with Crippen molar-refractivity contribution in [3.63, 3.8) is 0 Å². The van der Waals surface area contributed by atoms with Gasteiger partial charge in [-0.05, 0) is 6.42 Å². The summed E-state index contributed by atoms with van der Waals surface area (Å²) in [4.78, 5) is 22.3. The predicted octanol–water partition coefficient (Wildman–Crippen LogP) is 2.29. The molecule has 0 aliphatic heterocycles. The summed E-state index contributed by atoms with van der Waals surface area (Å²) in [6.45, 7) is 1.76. The first-order chi connectivity index (χ1) is 7.15. The molecule has 15 heavy (non-hydrogen) atoms. The van der Waals surface area contributed by atoms with Gasteiger partial charge < -0.3 is 5.11 Å². The lowest BCUT2D eigenvalue weighted by Crippen LogP contribution is -2.05. The number of Topliss-reactive ketones (excluding diaryl/α,β-unsaturated/α-hetero) is 1. The highest BCUT2D eigenvalue weighted by atomic mass is 16.4. The third kappa shape index (κ3) is 3.06. The summed E-state index contributed by atoms with van der Waals surface area (Å²) in [5, 5.41) is 8.58. The standard InChI is InChI=1S/C12H12O3/c1-2-9(8-11(13)14)12(15)10-6-4-3-5-7-10/h3-8H,2H2,1H3,(H,13,14). The number of hydrogen-bond acceptors (Lipinski definition) is 2. The molecule has 0 saturated carbocycles. The van der Waals surface area contributed by atoms with Crippen molar-refractivity contribution in [3.8, 4) is 0 Å². The Kier molecular flexibility index (Phi) is 3.80. The fourth-order valence-corrected chi connectivity index (χ4v) is 1.25. The summed E-state index contributed by atoms with van der Waals surface area (Å²) in [6, 6.07) is 8.66. The molecule has 0 fully saturated rings. The summed E-state index contributed by atoms with van der Waals surface area (Å²) in [6.07, 6.45) is 1.38. The van der Waals surface area contributed by atoms with Gasteiger partial charge >= 0.3 is 5.97 Å². The van der Waals surface area contributed by atoms with Gasteiger partial charge in [-0.2, -0.15) is 0 Å². The maximum atomic E-state index is 11.8. The zero-order valence-corrected chi connectivity index (χ0v) is 8.43. The second-order valence-electron chi connectivity index (χ2n) is 3.06. The molecule has 0 atom stereocenters. The topological polar surface area (TPSA) is 54.4 Å². The molecule has 1 rings (SSSR count). The fraction of sp³-hybridized carbons (Fsp3) is 0.167. The molecular weight excluding hydrogens is 192 g/mol. The van der Waals surface area contributed by atoms with Crippen molar-refractivity contribution < 1.29 is 14.7 Å². The number of benzene rings is 1. The monoisotopic (exact) mass is 204 g/mol. The van der Waals surface area contributed by atoms with E-state index in [2.05, 4.69) is 0 Å². The van der Waals surface area contributed by atoms with Crippen molar-refractivity contribution in [2.75, 3.05) is 0 Å². The Morgan fingerprint density at radius 3 is 2.33 bits per heavy atom. The van der Waals surface area contributed by atoms with E-state index in [0.29, 0.717) is 17.6 Å². The van der Waals surface area contributed by atoms with Crippen LogP contribution in [0.1, 0.15) is 23.7 Å². The third-order valence-corrected chi connectivity index (χ3v) is 2.01. The van der Waals surface area contributed by atoms with Crippen molar-refractivity contribution in [2.45, 2.75) is 13.3 Å². The van der Waals surface area contributed by atoms with Crippen LogP contribution in [0.3, 0.4) is 0 Å². The van der Waals surface area contributed by atoms with E-state index in [0.717, 1.165) is 6.08 Å². The average molecular weight is 204 g/mol. The van der Waals surface area contributed by atoms with E-state index in [-0.39, 0.29) is 5.78 Å². The first-order valence-corrected chi connectivity index (χ1v) is 4.68. The molecule has 0 bridgehead atoms. The fourth-order valence-electron chi connectivity index (χ4n) is 1.25. The van der Waals surface area contributed by atoms with Crippen LogP contribution < -0.4 is 0 Å². The summed E-state index contributed by atoms with van der Waals surface area (Å²) in [5.74, 6) is -1.31. The molecule has 0 aromatic heterocycles. The van der Waals surface area contributed by atoms with Crippen LogP contribution in [0.15, 0.2) is 42.0 Å². The van der Waals surface area contributed by atoms with Crippen molar-refractivity contribution in [2.24, 2.45) is 0 Å². The quantitative estimate of drug-likeness (QED) is 0.604. The molecule has 0 amide bonds. The molecule has 1 aromatic carbocycles. The number of carboxylic acid groups (broad SMARTS) is 1. The molecule has 0 spiro atoms. The van der Waals surface area contributed by atoms with E-state index in [1.807, 2.05) is 6.07 Å². The van der Waals surface area contributed by atoms with E-state index in [9.17, 15) is 9.59 Å². The van der Waals surface area contributed by atoms with Gasteiger partial charge in [-0.25, -0.2) is 4.79 Å². The van der Waals surface area contributed by atoms with Gasteiger partial charge in [0.15, 0.2) is 5.78 Å². The molecule has 0 unspecified atom stereocenters. The normalized spacial score (nSPS) is 11.1. The average Bonchev–Trinajstić information content (AvgIpc) is 2.26. The minimum absolute atomic E-state index is 0.222. The third-order valence-electron chi connectivity index (χ3n) is 2.01. The zero-order chi connectivity index (χ0) is 11.3. The molecule has 0 heterocycles. The number of hydrogen-bond donors (Lipinski definition) is 1. The van der Waals surface area contributed by atoms with Crippen molar-refractivity contribution >= 4 is 11.8 Å². The summed E-state index contributed by atoms with van der Waals surface area (Å²) >= 11 is 0. The Hall–Kier alpha value is -1.90. The van der Waals surface area contributed by atoms with Crippen LogP contribution in [0.5, 0.6) is 0 Å². The molecule has 1 aromatic rings. The number of allylic oxidation sites excluding steroid dienone is 1. The van der Waals surface area contributed by atoms with Gasteiger partial charge in [0.05, 0.1) is 0 Å². The number of carbonyl (C=O) groups excluding carboxylic acids is 1. The highest BCUT2D eigenvalue weighted by molar-refractivity contribution is 6.10. The lowest BCUT2D eigenvalue weighted by molar-refractivity contribution is -0.131. The molecule has 1 N–H and O–H groups in total. The molecule has 0 radical (unpaired) electrons. The predicted molar refractivity (Wildman–Crippen MR) is 56.8 cm³/mol. The summed E-state index contributed by atoms with van der Waals surface area (Å²) in [5.41, 5.74) is 0.834. The lowest BCUT2D eigenvalue weighted by atomic mass is 10.0. The van der Waals surface area contributed by atoms with Crippen LogP contribution in [0.2, 0.25) is 0 Å². The SMILES string of the molecule is CCC(=CC(=O)O)C(=O)c1ccccc1. The lowest BCUT2D eigenvalue weighted by Gasteiger charge is -2.02. The second-order valence-corrected chi connectivity index (χ2v) is 3.06. The van der Waals surface area contributed by atoms with Crippen LogP contribution >= 0.6 is 0 Å². The molecule has 3 heteroatoms. The maximum Gasteiger partial charge on any atom is 0.328 e. The van der Waals surface area contributed by atoms with Gasteiger partial charge in [-0.3, -0.25) is 4.79 Å². The Bertz CT molecular complexity index is 391. The van der Waals surface area contributed by atoms with Crippen LogP contribution in [-0.2, 0) is 4.79 Å². The Morgan fingerprint density at radius 1 is 1.27 bits per heavy atom. The first kappa shape index (κ1) is 11.2. The van der Waals surface area contributed by atoms with Gasteiger partial charge in [-0.15, -0.1) is 0 Å². The van der Waals surface area contributed by atoms with E-state index in [1.54, 1.807) is 31.2 Å². The molecule has 0 aliphatic rings. The summed E-state index contributed by atoms with van der Waals surface area (Å²) < 4.78 is 0. The van der Waals surface area contributed by atoms with Crippen LogP contribution in [0, 0.1) is 0 Å². The van der Waals surface area contributed by atoms with E-state index in [4.69, 9.17) is 5.11 Å². The number of carbonyl (C=O) groups is 2. The molecule has 3 nitrogen and oxygen atoms in total. The Balaban J connectivity index is 2.98. The van der Waals surface area contributed by atoms with Gasteiger partial charge in [0, 0.05) is 17.2 Å². The number of aliphatic carboxylic acids is 1. The highest BCUT2D eigenvalue weighted by Gasteiger charge is 2.11. The largest absolute Gasteiger partial charge is 0.478 e.